The molecule has 0 bridgehead atoms. The van der Waals surface area contributed by atoms with Gasteiger partial charge in [-0.2, -0.15) is 0 Å². The molecule has 0 fully saturated rings. The molecule has 0 heterocycles. The van der Waals surface area contributed by atoms with Gasteiger partial charge in [-0.25, -0.2) is 0 Å². The van der Waals surface area contributed by atoms with Crippen LogP contribution in [0.4, 0.5) is 0 Å². The summed E-state index contributed by atoms with van der Waals surface area (Å²) >= 11 is 3.15. The fourth-order valence-corrected chi connectivity index (χ4v) is 0.677. The van der Waals surface area contributed by atoms with Crippen LogP contribution in [0.25, 0.3) is 0 Å². The van der Waals surface area contributed by atoms with Crippen LogP contribution in [0.1, 0.15) is 20.8 Å². The standard InChI is InChI=1S/C4H12O2Si.C2H5Br/c1-3-5-7-6-4-2;1-2-3/h3-4,7H2,1-2H3;2H2,1H3. The summed E-state index contributed by atoms with van der Waals surface area (Å²) in [7, 11) is -0.589. The minimum atomic E-state index is -0.589. The van der Waals surface area contributed by atoms with E-state index in [-0.39, 0.29) is 0 Å². The molecule has 0 aliphatic carbocycles. The summed E-state index contributed by atoms with van der Waals surface area (Å²) in [5, 5.41) is 1.06. The van der Waals surface area contributed by atoms with E-state index in [0.29, 0.717) is 0 Å². The van der Waals surface area contributed by atoms with Crippen molar-refractivity contribution in [2.45, 2.75) is 20.8 Å². The molecule has 0 unspecified atom stereocenters. The van der Waals surface area contributed by atoms with E-state index in [0.717, 1.165) is 18.5 Å². The quantitative estimate of drug-likeness (QED) is 0.413. The van der Waals surface area contributed by atoms with Gasteiger partial charge in [-0.3, -0.25) is 0 Å². The second kappa shape index (κ2) is 16.3. The molecule has 10 heavy (non-hydrogen) atoms. The summed E-state index contributed by atoms with van der Waals surface area (Å²) in [6.07, 6.45) is 0. The van der Waals surface area contributed by atoms with Crippen LogP contribution in [0.15, 0.2) is 0 Å². The van der Waals surface area contributed by atoms with E-state index in [4.69, 9.17) is 8.85 Å². The third-order valence-electron chi connectivity index (χ3n) is 0.575. The van der Waals surface area contributed by atoms with Gasteiger partial charge in [0.25, 0.3) is 0 Å². The maximum absolute atomic E-state index is 4.99. The molecule has 0 aromatic carbocycles. The van der Waals surface area contributed by atoms with E-state index in [9.17, 15) is 0 Å². The van der Waals surface area contributed by atoms with E-state index < -0.39 is 10.0 Å². The Morgan fingerprint density at radius 1 is 1.10 bits per heavy atom. The highest BCUT2D eigenvalue weighted by molar-refractivity contribution is 9.09. The molecule has 0 saturated carbocycles. The van der Waals surface area contributed by atoms with Crippen LogP contribution in [-0.4, -0.2) is 28.6 Å². The summed E-state index contributed by atoms with van der Waals surface area (Å²) in [4.78, 5) is 0. The fourth-order valence-electron chi connectivity index (χ4n) is 0.226. The minimum Gasteiger partial charge on any atom is -0.399 e. The molecule has 4 heteroatoms. The topological polar surface area (TPSA) is 18.5 Å². The molecule has 0 spiro atoms. The van der Waals surface area contributed by atoms with Crippen molar-refractivity contribution < 1.29 is 8.85 Å². The molecule has 0 saturated heterocycles. The van der Waals surface area contributed by atoms with Crippen molar-refractivity contribution in [3.05, 3.63) is 0 Å². The summed E-state index contributed by atoms with van der Waals surface area (Å²) in [6.45, 7) is 7.59. The second-order valence-corrected chi connectivity index (χ2v) is 3.54. The van der Waals surface area contributed by atoms with E-state index in [1.54, 1.807) is 0 Å². The summed E-state index contributed by atoms with van der Waals surface area (Å²) < 4.78 is 9.98. The number of alkyl halides is 1. The first kappa shape index (κ1) is 13.2. The van der Waals surface area contributed by atoms with E-state index >= 15 is 0 Å². The first-order chi connectivity index (χ1) is 4.83. The van der Waals surface area contributed by atoms with Crippen molar-refractivity contribution >= 4 is 25.9 Å². The molecule has 0 aromatic heterocycles. The predicted molar refractivity (Wildman–Crippen MR) is 51.3 cm³/mol. The van der Waals surface area contributed by atoms with Crippen LogP contribution in [-0.2, 0) is 8.85 Å². The van der Waals surface area contributed by atoms with Gasteiger partial charge in [0.15, 0.2) is 0 Å². The Balaban J connectivity index is 0. The third-order valence-corrected chi connectivity index (χ3v) is 1.72. The largest absolute Gasteiger partial charge is 0.399 e. The van der Waals surface area contributed by atoms with Crippen molar-refractivity contribution in [2.24, 2.45) is 0 Å². The first-order valence-electron chi connectivity index (χ1n) is 3.54. The Morgan fingerprint density at radius 2 is 1.40 bits per heavy atom. The lowest BCUT2D eigenvalue weighted by Crippen LogP contribution is -2.02. The molecule has 0 N–H and O–H groups in total. The molecule has 0 atom stereocenters. The van der Waals surface area contributed by atoms with E-state index in [1.807, 2.05) is 20.8 Å². The van der Waals surface area contributed by atoms with Crippen LogP contribution >= 0.6 is 15.9 Å². The number of hydrogen-bond donors (Lipinski definition) is 0. The second-order valence-electron chi connectivity index (χ2n) is 1.37. The SMILES string of the molecule is CCBr.CCO[SiH2]OCC. The van der Waals surface area contributed by atoms with E-state index in [2.05, 4.69) is 15.9 Å². The lowest BCUT2D eigenvalue weighted by molar-refractivity contribution is 0.240. The normalized spacial score (nSPS) is 8.40. The molecule has 2 nitrogen and oxygen atoms in total. The summed E-state index contributed by atoms with van der Waals surface area (Å²) in [5.41, 5.74) is 0. The highest BCUT2D eigenvalue weighted by Gasteiger charge is 1.79. The van der Waals surface area contributed by atoms with Gasteiger partial charge in [0, 0.05) is 18.5 Å². The maximum Gasteiger partial charge on any atom is 0.304 e. The van der Waals surface area contributed by atoms with Gasteiger partial charge in [-0.15, -0.1) is 0 Å². The molecule has 64 valence electrons. The zero-order valence-electron chi connectivity index (χ0n) is 7.02. The van der Waals surface area contributed by atoms with Gasteiger partial charge in [-0.1, -0.05) is 22.9 Å². The predicted octanol–water partition coefficient (Wildman–Crippen LogP) is 1.46. The van der Waals surface area contributed by atoms with Gasteiger partial charge < -0.3 is 8.85 Å². The Kier molecular flexibility index (Phi) is 21.6. The highest BCUT2D eigenvalue weighted by atomic mass is 79.9. The lowest BCUT2D eigenvalue weighted by atomic mass is 10.9. The smallest absolute Gasteiger partial charge is 0.304 e. The number of hydrogen-bond acceptors (Lipinski definition) is 2. The minimum absolute atomic E-state index is 0.589. The molecule has 0 aromatic rings. The van der Waals surface area contributed by atoms with Crippen LogP contribution in [0.3, 0.4) is 0 Å². The molecule has 0 aliphatic heterocycles. The monoisotopic (exact) mass is 228 g/mol. The average molecular weight is 229 g/mol. The molecule has 0 radical (unpaired) electrons. The van der Waals surface area contributed by atoms with Crippen molar-refractivity contribution in [3.63, 3.8) is 0 Å². The van der Waals surface area contributed by atoms with Crippen LogP contribution < -0.4 is 0 Å². The van der Waals surface area contributed by atoms with Crippen LogP contribution in [0.5, 0.6) is 0 Å². The van der Waals surface area contributed by atoms with Crippen molar-refractivity contribution in [1.82, 2.24) is 0 Å². The highest BCUT2D eigenvalue weighted by Crippen LogP contribution is 1.70. The molecular formula is C6H17BrO2Si. The van der Waals surface area contributed by atoms with Gasteiger partial charge in [0.2, 0.25) is 0 Å². The van der Waals surface area contributed by atoms with Gasteiger partial charge in [0.05, 0.1) is 0 Å². The lowest BCUT2D eigenvalue weighted by Gasteiger charge is -1.96. The number of halogens is 1. The van der Waals surface area contributed by atoms with Crippen molar-refractivity contribution in [1.29, 1.82) is 0 Å². The molecule has 0 amide bonds. The molecule has 0 rings (SSSR count). The molecule has 0 aliphatic rings. The maximum atomic E-state index is 4.99. The zero-order valence-corrected chi connectivity index (χ0v) is 10.0. The Bertz CT molecular complexity index is 42.7. The Hall–Kier alpha value is 0.617. The van der Waals surface area contributed by atoms with Gasteiger partial charge in [0.1, 0.15) is 0 Å². The third kappa shape index (κ3) is 23.5. The summed E-state index contributed by atoms with van der Waals surface area (Å²) in [6, 6.07) is 0. The van der Waals surface area contributed by atoms with Crippen LogP contribution in [0, 0.1) is 0 Å². The van der Waals surface area contributed by atoms with Crippen molar-refractivity contribution in [2.75, 3.05) is 18.5 Å². The van der Waals surface area contributed by atoms with E-state index in [1.165, 1.54) is 0 Å². The summed E-state index contributed by atoms with van der Waals surface area (Å²) in [5.74, 6) is 0. The Labute approximate surface area is 74.5 Å². The van der Waals surface area contributed by atoms with Crippen LogP contribution in [0.2, 0.25) is 0 Å². The Morgan fingerprint density at radius 3 is 1.60 bits per heavy atom. The number of rotatable bonds is 4. The van der Waals surface area contributed by atoms with Crippen molar-refractivity contribution in [3.8, 4) is 0 Å². The van der Waals surface area contributed by atoms with Gasteiger partial charge in [-0.05, 0) is 13.8 Å². The molecular weight excluding hydrogens is 212 g/mol. The zero-order chi connectivity index (χ0) is 8.24. The average Bonchev–Trinajstić information content (AvgIpc) is 1.91. The fraction of sp³-hybridized carbons (Fsp3) is 1.00. The van der Waals surface area contributed by atoms with Gasteiger partial charge >= 0.3 is 10.0 Å². The first-order valence-corrected chi connectivity index (χ1v) is 5.82.